The Morgan fingerprint density at radius 1 is 0.828 bits per heavy atom. The van der Waals surface area contributed by atoms with Gasteiger partial charge in [0.1, 0.15) is 11.9 Å². The van der Waals surface area contributed by atoms with E-state index >= 15 is 0 Å². The summed E-state index contributed by atoms with van der Waals surface area (Å²) in [6, 6.07) is 12.2. The Kier molecular flexibility index (Phi) is 11.4. The smallest absolute Gasteiger partial charge is 0.119 e. The third kappa shape index (κ3) is 9.43. The summed E-state index contributed by atoms with van der Waals surface area (Å²) in [6.45, 7) is 5.06. The Morgan fingerprint density at radius 3 is 2.21 bits per heavy atom. The molecule has 0 bridgehead atoms. The SMILES string of the molecule is CCCCCCCCCOc1ccc(-c2ccc(CCC(F)CCC)cn2)cc1. The lowest BCUT2D eigenvalue weighted by Gasteiger charge is -2.08. The highest BCUT2D eigenvalue weighted by atomic mass is 19.1. The molecule has 3 heteroatoms. The molecule has 0 radical (unpaired) electrons. The van der Waals surface area contributed by atoms with Gasteiger partial charge in [-0.25, -0.2) is 4.39 Å². The molecule has 0 fully saturated rings. The van der Waals surface area contributed by atoms with Crippen molar-refractivity contribution in [2.45, 2.75) is 90.6 Å². The number of ether oxygens (including phenoxy) is 1. The molecule has 0 spiro atoms. The van der Waals surface area contributed by atoms with Gasteiger partial charge in [-0.1, -0.05) is 64.9 Å². The van der Waals surface area contributed by atoms with E-state index in [0.717, 1.165) is 48.4 Å². The molecule has 1 aromatic carbocycles. The average molecular weight is 400 g/mol. The molecule has 0 N–H and O–H groups in total. The lowest BCUT2D eigenvalue weighted by molar-refractivity contribution is 0.294. The summed E-state index contributed by atoms with van der Waals surface area (Å²) in [5, 5.41) is 0. The van der Waals surface area contributed by atoms with Crippen LogP contribution in [0.25, 0.3) is 11.3 Å². The number of alkyl halides is 1. The van der Waals surface area contributed by atoms with Crippen molar-refractivity contribution in [2.75, 3.05) is 6.61 Å². The fourth-order valence-electron chi connectivity index (χ4n) is 3.50. The quantitative estimate of drug-likeness (QED) is 0.283. The molecule has 2 nitrogen and oxygen atoms in total. The number of benzene rings is 1. The van der Waals surface area contributed by atoms with Crippen molar-refractivity contribution in [3.63, 3.8) is 0 Å². The molecule has 1 atom stereocenters. The van der Waals surface area contributed by atoms with Gasteiger partial charge in [-0.15, -0.1) is 0 Å². The molecule has 0 saturated heterocycles. The van der Waals surface area contributed by atoms with Crippen LogP contribution in [0.1, 0.15) is 83.6 Å². The molecule has 2 rings (SSSR count). The molecule has 29 heavy (non-hydrogen) atoms. The van der Waals surface area contributed by atoms with Crippen LogP contribution in [0.5, 0.6) is 5.75 Å². The zero-order valence-electron chi connectivity index (χ0n) is 18.3. The van der Waals surface area contributed by atoms with E-state index in [2.05, 4.69) is 30.1 Å². The van der Waals surface area contributed by atoms with Crippen LogP contribution >= 0.6 is 0 Å². The molecule has 0 aliphatic carbocycles. The molecule has 1 unspecified atom stereocenters. The molecule has 0 aliphatic rings. The molecule has 0 aliphatic heterocycles. The van der Waals surface area contributed by atoms with Gasteiger partial charge in [-0.05, 0) is 61.6 Å². The Balaban J connectivity index is 1.71. The fourth-order valence-corrected chi connectivity index (χ4v) is 3.50. The molecule has 0 saturated carbocycles. The highest BCUT2D eigenvalue weighted by molar-refractivity contribution is 5.60. The first kappa shape index (κ1) is 23.4. The van der Waals surface area contributed by atoms with E-state index < -0.39 is 6.17 Å². The van der Waals surface area contributed by atoms with Crippen LogP contribution in [-0.4, -0.2) is 17.8 Å². The van der Waals surface area contributed by atoms with Gasteiger partial charge in [0.05, 0.1) is 12.3 Å². The summed E-state index contributed by atoms with van der Waals surface area (Å²) in [4.78, 5) is 4.56. The third-order valence-corrected chi connectivity index (χ3v) is 5.34. The number of pyridine rings is 1. The minimum absolute atomic E-state index is 0.583. The zero-order chi connectivity index (χ0) is 20.7. The number of aryl methyl sites for hydroxylation is 1. The minimum Gasteiger partial charge on any atom is -0.494 e. The van der Waals surface area contributed by atoms with Crippen molar-refractivity contribution in [2.24, 2.45) is 0 Å². The van der Waals surface area contributed by atoms with Crippen LogP contribution in [0.2, 0.25) is 0 Å². The maximum atomic E-state index is 13.6. The van der Waals surface area contributed by atoms with Crippen LogP contribution in [0.15, 0.2) is 42.6 Å². The van der Waals surface area contributed by atoms with Gasteiger partial charge < -0.3 is 4.74 Å². The maximum absolute atomic E-state index is 13.6. The van der Waals surface area contributed by atoms with Gasteiger partial charge in [-0.2, -0.15) is 0 Å². The van der Waals surface area contributed by atoms with Gasteiger partial charge >= 0.3 is 0 Å². The van der Waals surface area contributed by atoms with E-state index in [4.69, 9.17) is 4.74 Å². The largest absolute Gasteiger partial charge is 0.494 e. The van der Waals surface area contributed by atoms with Crippen LogP contribution in [-0.2, 0) is 6.42 Å². The van der Waals surface area contributed by atoms with E-state index in [1.165, 1.54) is 38.5 Å². The van der Waals surface area contributed by atoms with Gasteiger partial charge in [0.25, 0.3) is 0 Å². The number of nitrogens with zero attached hydrogens (tertiary/aromatic N) is 1. The number of hydrogen-bond acceptors (Lipinski definition) is 2. The third-order valence-electron chi connectivity index (χ3n) is 5.34. The Hall–Kier alpha value is -1.90. The first-order chi connectivity index (χ1) is 14.2. The van der Waals surface area contributed by atoms with E-state index in [1.807, 2.05) is 31.3 Å². The fraction of sp³-hybridized carbons (Fsp3) is 0.577. The molecular formula is C26H38FNO. The lowest BCUT2D eigenvalue weighted by atomic mass is 10.1. The van der Waals surface area contributed by atoms with Crippen LogP contribution in [0, 0.1) is 0 Å². The molecular weight excluding hydrogens is 361 g/mol. The van der Waals surface area contributed by atoms with E-state index in [1.54, 1.807) is 0 Å². The summed E-state index contributed by atoms with van der Waals surface area (Å²) >= 11 is 0. The Bertz CT molecular complexity index is 653. The van der Waals surface area contributed by atoms with Crippen molar-refractivity contribution in [1.29, 1.82) is 0 Å². The van der Waals surface area contributed by atoms with Gasteiger partial charge in [0, 0.05) is 11.8 Å². The van der Waals surface area contributed by atoms with Crippen molar-refractivity contribution in [1.82, 2.24) is 4.98 Å². The predicted molar refractivity (Wildman–Crippen MR) is 121 cm³/mol. The first-order valence-electron chi connectivity index (χ1n) is 11.5. The number of halogens is 1. The molecule has 1 heterocycles. The second-order valence-corrected chi connectivity index (χ2v) is 7.97. The van der Waals surface area contributed by atoms with Crippen molar-refractivity contribution < 1.29 is 9.13 Å². The van der Waals surface area contributed by atoms with Crippen molar-refractivity contribution in [3.8, 4) is 17.0 Å². The topological polar surface area (TPSA) is 22.1 Å². The van der Waals surface area contributed by atoms with Crippen LogP contribution in [0.3, 0.4) is 0 Å². The molecule has 1 aromatic heterocycles. The maximum Gasteiger partial charge on any atom is 0.119 e. The van der Waals surface area contributed by atoms with E-state index in [-0.39, 0.29) is 0 Å². The monoisotopic (exact) mass is 399 g/mol. The second kappa shape index (κ2) is 14.1. The van der Waals surface area contributed by atoms with Gasteiger partial charge in [0.15, 0.2) is 0 Å². The predicted octanol–water partition coefficient (Wildman–Crippen LogP) is 7.95. The number of rotatable bonds is 15. The van der Waals surface area contributed by atoms with Gasteiger partial charge in [-0.3, -0.25) is 4.98 Å². The number of unbranched alkanes of at least 4 members (excludes halogenated alkanes) is 6. The summed E-state index contributed by atoms with van der Waals surface area (Å²) in [5.41, 5.74) is 3.12. The Labute approximate surface area is 176 Å². The zero-order valence-corrected chi connectivity index (χ0v) is 18.3. The Morgan fingerprint density at radius 2 is 1.55 bits per heavy atom. The summed E-state index contributed by atoms with van der Waals surface area (Å²) < 4.78 is 19.5. The molecule has 160 valence electrons. The van der Waals surface area contributed by atoms with E-state index in [9.17, 15) is 4.39 Å². The van der Waals surface area contributed by atoms with Crippen molar-refractivity contribution in [3.05, 3.63) is 48.2 Å². The standard InChI is InChI=1S/C26H38FNO/c1-3-5-6-7-8-9-10-20-29-25-17-14-23(15-18-25)26-19-13-22(21-28-26)12-16-24(27)11-4-2/h13-15,17-19,21,24H,3-12,16,20H2,1-2H3. The average Bonchev–Trinajstić information content (AvgIpc) is 2.75. The second-order valence-electron chi connectivity index (χ2n) is 7.97. The van der Waals surface area contributed by atoms with Crippen LogP contribution in [0.4, 0.5) is 4.39 Å². The first-order valence-corrected chi connectivity index (χ1v) is 11.5. The molecule has 2 aromatic rings. The highest BCUT2D eigenvalue weighted by Gasteiger charge is 2.06. The summed E-state index contributed by atoms with van der Waals surface area (Å²) in [5.74, 6) is 0.918. The summed E-state index contributed by atoms with van der Waals surface area (Å²) in [6.07, 6.45) is 13.1. The van der Waals surface area contributed by atoms with Crippen LogP contribution < -0.4 is 4.74 Å². The van der Waals surface area contributed by atoms with E-state index in [0.29, 0.717) is 12.8 Å². The van der Waals surface area contributed by atoms with Crippen molar-refractivity contribution >= 4 is 0 Å². The van der Waals surface area contributed by atoms with Gasteiger partial charge in [0.2, 0.25) is 0 Å². The summed E-state index contributed by atoms with van der Waals surface area (Å²) in [7, 11) is 0. The lowest BCUT2D eigenvalue weighted by Crippen LogP contribution is -2.01. The molecule has 0 amide bonds. The number of hydrogen-bond donors (Lipinski definition) is 0. The number of aromatic nitrogens is 1. The normalized spacial score (nSPS) is 12.1. The highest BCUT2D eigenvalue weighted by Crippen LogP contribution is 2.22. The minimum atomic E-state index is -0.701.